The summed E-state index contributed by atoms with van der Waals surface area (Å²) in [6.07, 6.45) is 5.50. The van der Waals surface area contributed by atoms with Gasteiger partial charge in [-0.2, -0.15) is 0 Å². The van der Waals surface area contributed by atoms with Crippen LogP contribution in [0.3, 0.4) is 0 Å². The highest BCUT2D eigenvalue weighted by atomic mass is 35.5. The van der Waals surface area contributed by atoms with Crippen molar-refractivity contribution in [1.29, 1.82) is 0 Å². The third kappa shape index (κ3) is 5.46. The van der Waals surface area contributed by atoms with E-state index in [1.807, 2.05) is 6.07 Å². The van der Waals surface area contributed by atoms with Gasteiger partial charge in [0, 0.05) is 23.2 Å². The van der Waals surface area contributed by atoms with Gasteiger partial charge in [0.05, 0.1) is 66.5 Å². The number of nitrogens with zero attached hydrogens (tertiary/aromatic N) is 3. The van der Waals surface area contributed by atoms with Gasteiger partial charge in [0.1, 0.15) is 17.7 Å². The van der Waals surface area contributed by atoms with E-state index >= 15 is 0 Å². The van der Waals surface area contributed by atoms with Crippen molar-refractivity contribution in [1.82, 2.24) is 20.3 Å². The van der Waals surface area contributed by atoms with Crippen molar-refractivity contribution in [2.75, 3.05) is 32.8 Å². The minimum atomic E-state index is -0.824. The van der Waals surface area contributed by atoms with Crippen LogP contribution >= 0.6 is 23.2 Å². The van der Waals surface area contributed by atoms with E-state index in [4.69, 9.17) is 47.4 Å². The number of halogens is 2. The number of aromatic nitrogens is 3. The summed E-state index contributed by atoms with van der Waals surface area (Å²) >= 11 is 13.4. The zero-order chi connectivity index (χ0) is 26.1. The molecule has 2 aliphatic rings. The van der Waals surface area contributed by atoms with Crippen molar-refractivity contribution in [2.24, 2.45) is 5.92 Å². The Kier molecular flexibility index (Phi) is 7.69. The van der Waals surface area contributed by atoms with E-state index < -0.39 is 6.23 Å². The molecule has 3 N–H and O–H groups in total. The summed E-state index contributed by atoms with van der Waals surface area (Å²) in [5, 5.41) is 17.9. The summed E-state index contributed by atoms with van der Waals surface area (Å²) < 4.78 is 16.5. The van der Waals surface area contributed by atoms with Crippen LogP contribution in [0.15, 0.2) is 31.0 Å². The smallest absolute Gasteiger partial charge is 0.223 e. The Balaban J connectivity index is 1.54. The van der Waals surface area contributed by atoms with Crippen LogP contribution in [0.2, 0.25) is 10.0 Å². The van der Waals surface area contributed by atoms with Gasteiger partial charge in [-0.15, -0.1) is 0 Å². The Hall–Kier alpha value is -2.69. The maximum absolute atomic E-state index is 9.91. The molecular weight excluding hydrogens is 517 g/mol. The lowest BCUT2D eigenvalue weighted by Gasteiger charge is -2.22. The van der Waals surface area contributed by atoms with Crippen LogP contribution in [0.4, 0.5) is 5.95 Å². The Morgan fingerprint density at radius 1 is 1.14 bits per heavy atom. The summed E-state index contributed by atoms with van der Waals surface area (Å²) in [4.78, 5) is 14.4. The zero-order valence-corrected chi connectivity index (χ0v) is 22.1. The number of aliphatic hydroxyl groups excluding tert-OH is 1. The van der Waals surface area contributed by atoms with E-state index in [1.54, 1.807) is 26.5 Å². The molecule has 9 nitrogen and oxygen atoms in total. The number of anilines is 1. The highest BCUT2D eigenvalue weighted by molar-refractivity contribution is 6.41. The standard InChI is InChI=1S/C26H29Cl2N5O4/c1-4-21(34)31-17-11-37-12-18(17)32-26-29-10-14-8-15(30-16(25(14)33-26)7-13-5-6-13)22-23(27)19(35-2)9-20(36-3)24(22)28/h4,8-10,13,17-18,21,31,34H,1,5-7,11-12H2,2-3H3,(H,29,32,33)/t17-,18+,21?/m0/s1. The minimum Gasteiger partial charge on any atom is -0.495 e. The number of fused-ring (bicyclic) bond motifs is 1. The quantitative estimate of drug-likeness (QED) is 0.254. The van der Waals surface area contributed by atoms with Crippen LogP contribution in [0, 0.1) is 5.92 Å². The van der Waals surface area contributed by atoms with E-state index in [9.17, 15) is 5.11 Å². The Morgan fingerprint density at radius 3 is 2.49 bits per heavy atom. The van der Waals surface area contributed by atoms with Gasteiger partial charge in [-0.25, -0.2) is 9.97 Å². The van der Waals surface area contributed by atoms with E-state index in [1.165, 1.54) is 6.08 Å². The molecular formula is C26H29Cl2N5O4. The molecule has 1 aromatic carbocycles. The summed E-state index contributed by atoms with van der Waals surface area (Å²) in [6.45, 7) is 4.53. The van der Waals surface area contributed by atoms with Crippen molar-refractivity contribution in [3.63, 3.8) is 0 Å². The minimum absolute atomic E-state index is 0.118. The first-order valence-electron chi connectivity index (χ1n) is 12.1. The van der Waals surface area contributed by atoms with E-state index in [2.05, 4.69) is 22.2 Å². The maximum atomic E-state index is 9.91. The van der Waals surface area contributed by atoms with Crippen molar-refractivity contribution in [2.45, 2.75) is 37.6 Å². The third-order valence-corrected chi connectivity index (χ3v) is 7.40. The molecule has 1 aliphatic carbocycles. The number of aliphatic hydroxyl groups is 1. The fraction of sp³-hybridized carbons (Fsp3) is 0.423. The number of ether oxygens (including phenoxy) is 3. The number of hydrogen-bond acceptors (Lipinski definition) is 9. The molecule has 1 saturated carbocycles. The Labute approximate surface area is 225 Å². The van der Waals surface area contributed by atoms with Crippen LogP contribution in [-0.2, 0) is 11.2 Å². The number of rotatable bonds is 10. The molecule has 5 rings (SSSR count). The summed E-state index contributed by atoms with van der Waals surface area (Å²) in [5.41, 5.74) is 2.77. The largest absolute Gasteiger partial charge is 0.495 e. The lowest BCUT2D eigenvalue weighted by Crippen LogP contribution is -2.47. The molecule has 1 aliphatic heterocycles. The lowest BCUT2D eigenvalue weighted by atomic mass is 10.1. The van der Waals surface area contributed by atoms with E-state index in [0.29, 0.717) is 57.9 Å². The molecule has 37 heavy (non-hydrogen) atoms. The molecule has 2 aromatic heterocycles. The number of nitrogens with one attached hydrogen (secondary N) is 2. The third-order valence-electron chi connectivity index (χ3n) is 6.65. The van der Waals surface area contributed by atoms with Crippen molar-refractivity contribution >= 4 is 40.1 Å². The molecule has 3 aromatic rings. The number of benzene rings is 1. The zero-order valence-electron chi connectivity index (χ0n) is 20.6. The monoisotopic (exact) mass is 545 g/mol. The second kappa shape index (κ2) is 11.0. The van der Waals surface area contributed by atoms with Crippen LogP contribution in [0.1, 0.15) is 18.5 Å². The highest BCUT2D eigenvalue weighted by Gasteiger charge is 2.30. The average molecular weight is 546 g/mol. The van der Waals surface area contributed by atoms with E-state index in [0.717, 1.165) is 35.9 Å². The normalized spacial score (nSPS) is 20.1. The predicted octanol–water partition coefficient (Wildman–Crippen LogP) is 4.24. The van der Waals surface area contributed by atoms with Gasteiger partial charge >= 0.3 is 0 Å². The second-order valence-electron chi connectivity index (χ2n) is 9.26. The molecule has 196 valence electrons. The Morgan fingerprint density at radius 2 is 1.84 bits per heavy atom. The SMILES string of the molecule is C=CC(O)N[C@H]1COC[C@H]1Nc1ncc2cc(-c3c(Cl)c(OC)cc(OC)c3Cl)nc(CC3CC3)c2n1. The number of hydrogen-bond donors (Lipinski definition) is 3. The van der Waals surface area contributed by atoms with Gasteiger partial charge in [-0.1, -0.05) is 29.8 Å². The first-order chi connectivity index (χ1) is 17.9. The Bertz CT molecular complexity index is 1290. The predicted molar refractivity (Wildman–Crippen MR) is 144 cm³/mol. The molecule has 0 spiro atoms. The van der Waals surface area contributed by atoms with Gasteiger partial charge < -0.3 is 24.6 Å². The van der Waals surface area contributed by atoms with Crippen LogP contribution < -0.4 is 20.1 Å². The second-order valence-corrected chi connectivity index (χ2v) is 10.0. The van der Waals surface area contributed by atoms with Crippen molar-refractivity contribution in [3.8, 4) is 22.8 Å². The van der Waals surface area contributed by atoms with Gasteiger partial charge in [-0.3, -0.25) is 10.3 Å². The van der Waals surface area contributed by atoms with Crippen LogP contribution in [-0.4, -0.2) is 65.8 Å². The highest BCUT2D eigenvalue weighted by Crippen LogP contribution is 2.46. The van der Waals surface area contributed by atoms with Crippen molar-refractivity contribution < 1.29 is 19.3 Å². The van der Waals surface area contributed by atoms with E-state index in [-0.39, 0.29) is 12.1 Å². The summed E-state index contributed by atoms with van der Waals surface area (Å²) in [7, 11) is 3.08. The maximum Gasteiger partial charge on any atom is 0.223 e. The number of methoxy groups -OCH3 is 2. The molecule has 3 heterocycles. The van der Waals surface area contributed by atoms with Gasteiger partial charge in [0.2, 0.25) is 5.95 Å². The van der Waals surface area contributed by atoms with Gasteiger partial charge in [-0.05, 0) is 37.3 Å². The molecule has 0 radical (unpaired) electrons. The molecule has 1 unspecified atom stereocenters. The molecule has 1 saturated heterocycles. The molecule has 11 heteroatoms. The first kappa shape index (κ1) is 25.9. The fourth-order valence-corrected chi connectivity index (χ4v) is 5.16. The topological polar surface area (TPSA) is 111 Å². The fourth-order valence-electron chi connectivity index (χ4n) is 4.47. The molecule has 2 fully saturated rings. The molecule has 3 atom stereocenters. The molecule has 0 amide bonds. The summed E-state index contributed by atoms with van der Waals surface area (Å²) in [6, 6.07) is 3.30. The van der Waals surface area contributed by atoms with Gasteiger partial charge in [0.15, 0.2) is 0 Å². The molecule has 0 bridgehead atoms. The first-order valence-corrected chi connectivity index (χ1v) is 12.8. The average Bonchev–Trinajstić information content (AvgIpc) is 3.62. The van der Waals surface area contributed by atoms with Crippen molar-refractivity contribution in [3.05, 3.63) is 46.7 Å². The van der Waals surface area contributed by atoms with Gasteiger partial charge in [0.25, 0.3) is 0 Å². The number of pyridine rings is 1. The van der Waals surface area contributed by atoms with Crippen LogP contribution in [0.25, 0.3) is 22.2 Å². The summed E-state index contributed by atoms with van der Waals surface area (Å²) in [5.74, 6) is 1.93. The lowest BCUT2D eigenvalue weighted by molar-refractivity contribution is 0.149. The van der Waals surface area contributed by atoms with Crippen LogP contribution in [0.5, 0.6) is 11.5 Å².